The van der Waals surface area contributed by atoms with Crippen LogP contribution in [0.4, 0.5) is 0 Å². The summed E-state index contributed by atoms with van der Waals surface area (Å²) in [6, 6.07) is 8.77. The third-order valence-corrected chi connectivity index (χ3v) is 3.14. The van der Waals surface area contributed by atoms with Gasteiger partial charge in [0.05, 0.1) is 18.9 Å². The predicted octanol–water partition coefficient (Wildman–Crippen LogP) is 2.30. The highest BCUT2D eigenvalue weighted by Gasteiger charge is 2.19. The monoisotopic (exact) mass is 300 g/mol. The van der Waals surface area contributed by atoms with Gasteiger partial charge >= 0.3 is 11.9 Å². The number of H-pyrrole nitrogens is 1. The highest BCUT2D eigenvalue weighted by atomic mass is 16.5. The van der Waals surface area contributed by atoms with Crippen molar-refractivity contribution < 1.29 is 23.5 Å². The first-order chi connectivity index (χ1) is 10.7. The Bertz CT molecular complexity index is 833. The highest BCUT2D eigenvalue weighted by molar-refractivity contribution is 6.01. The molecular weight excluding hydrogens is 288 g/mol. The highest BCUT2D eigenvalue weighted by Crippen LogP contribution is 2.18. The number of aromatic nitrogens is 2. The molecule has 1 aromatic carbocycles. The maximum Gasteiger partial charge on any atom is 0.374 e. The van der Waals surface area contributed by atoms with Crippen LogP contribution in [0.15, 0.2) is 41.0 Å². The van der Waals surface area contributed by atoms with Gasteiger partial charge < -0.3 is 13.9 Å². The van der Waals surface area contributed by atoms with E-state index in [4.69, 9.17) is 9.15 Å². The zero-order valence-electron chi connectivity index (χ0n) is 11.7. The Morgan fingerprint density at radius 2 is 2.05 bits per heavy atom. The Hall–Kier alpha value is -3.09. The summed E-state index contributed by atoms with van der Waals surface area (Å²) in [7, 11) is 1.25. The molecule has 7 heteroatoms. The standard InChI is InChI=1S/C15H12N2O5/c1-20-15(19)13-9(6-7-21-13)8-22-14(18)12-10-4-2-3-5-11(10)16-17-12/h2-7H,8H2,1H3,(H,16,17). The van der Waals surface area contributed by atoms with E-state index in [1.807, 2.05) is 12.1 Å². The molecule has 0 atom stereocenters. The van der Waals surface area contributed by atoms with E-state index < -0.39 is 11.9 Å². The number of rotatable bonds is 4. The third-order valence-electron chi connectivity index (χ3n) is 3.14. The fourth-order valence-corrected chi connectivity index (χ4v) is 2.05. The number of benzene rings is 1. The Kier molecular flexibility index (Phi) is 3.61. The zero-order valence-corrected chi connectivity index (χ0v) is 11.7. The number of para-hydroxylation sites is 1. The van der Waals surface area contributed by atoms with E-state index in [0.29, 0.717) is 10.9 Å². The molecule has 2 heterocycles. The summed E-state index contributed by atoms with van der Waals surface area (Å²) in [6.45, 7) is -0.110. The van der Waals surface area contributed by atoms with Crippen LogP contribution in [0.1, 0.15) is 26.6 Å². The summed E-state index contributed by atoms with van der Waals surface area (Å²) >= 11 is 0. The number of carbonyl (C=O) groups excluding carboxylic acids is 2. The molecule has 0 fully saturated rings. The van der Waals surface area contributed by atoms with Crippen LogP contribution in [0.2, 0.25) is 0 Å². The summed E-state index contributed by atoms with van der Waals surface area (Å²) < 4.78 is 14.8. The molecule has 112 valence electrons. The van der Waals surface area contributed by atoms with Crippen LogP contribution in [-0.2, 0) is 16.1 Å². The Morgan fingerprint density at radius 1 is 1.23 bits per heavy atom. The lowest BCUT2D eigenvalue weighted by molar-refractivity contribution is 0.0449. The van der Waals surface area contributed by atoms with Gasteiger partial charge in [-0.2, -0.15) is 5.10 Å². The number of esters is 2. The molecule has 0 aliphatic rings. The van der Waals surface area contributed by atoms with Crippen molar-refractivity contribution in [1.29, 1.82) is 0 Å². The Morgan fingerprint density at radius 3 is 2.86 bits per heavy atom. The Balaban J connectivity index is 1.76. The van der Waals surface area contributed by atoms with E-state index in [9.17, 15) is 9.59 Å². The van der Waals surface area contributed by atoms with E-state index >= 15 is 0 Å². The van der Waals surface area contributed by atoms with Crippen LogP contribution in [0.3, 0.4) is 0 Å². The number of hydrogen-bond acceptors (Lipinski definition) is 6. The lowest BCUT2D eigenvalue weighted by Gasteiger charge is -2.03. The third kappa shape index (κ3) is 2.44. The van der Waals surface area contributed by atoms with Crippen molar-refractivity contribution >= 4 is 22.8 Å². The van der Waals surface area contributed by atoms with Gasteiger partial charge in [-0.1, -0.05) is 18.2 Å². The lowest BCUT2D eigenvalue weighted by Crippen LogP contribution is -2.09. The van der Waals surface area contributed by atoms with Crippen LogP contribution in [0, 0.1) is 0 Å². The number of furan rings is 1. The number of fused-ring (bicyclic) bond motifs is 1. The first-order valence-corrected chi connectivity index (χ1v) is 6.45. The molecule has 3 rings (SSSR count). The van der Waals surface area contributed by atoms with E-state index in [1.54, 1.807) is 18.2 Å². The molecule has 0 unspecified atom stereocenters. The van der Waals surface area contributed by atoms with Gasteiger partial charge in [0.25, 0.3) is 0 Å². The van der Waals surface area contributed by atoms with Crippen LogP contribution >= 0.6 is 0 Å². The van der Waals surface area contributed by atoms with Crippen molar-refractivity contribution in [2.75, 3.05) is 7.11 Å². The van der Waals surface area contributed by atoms with Gasteiger partial charge in [-0.25, -0.2) is 9.59 Å². The smallest absolute Gasteiger partial charge is 0.374 e. The van der Waals surface area contributed by atoms with Gasteiger partial charge in [0, 0.05) is 10.9 Å². The second-order valence-corrected chi connectivity index (χ2v) is 4.46. The molecule has 0 aliphatic heterocycles. The van der Waals surface area contributed by atoms with E-state index in [-0.39, 0.29) is 18.1 Å². The molecular formula is C15H12N2O5. The number of ether oxygens (including phenoxy) is 2. The van der Waals surface area contributed by atoms with Crippen molar-refractivity contribution in [2.45, 2.75) is 6.61 Å². The molecule has 0 bridgehead atoms. The second-order valence-electron chi connectivity index (χ2n) is 4.46. The first kappa shape index (κ1) is 13.9. The molecule has 22 heavy (non-hydrogen) atoms. The normalized spacial score (nSPS) is 10.6. The van der Waals surface area contributed by atoms with Crippen molar-refractivity contribution in [1.82, 2.24) is 10.2 Å². The van der Waals surface area contributed by atoms with Gasteiger partial charge in [0.2, 0.25) is 5.76 Å². The quantitative estimate of drug-likeness (QED) is 0.743. The molecule has 3 aromatic rings. The van der Waals surface area contributed by atoms with E-state index in [0.717, 1.165) is 5.52 Å². The minimum atomic E-state index is -0.624. The molecule has 0 radical (unpaired) electrons. The van der Waals surface area contributed by atoms with Crippen LogP contribution in [-0.4, -0.2) is 29.2 Å². The summed E-state index contributed by atoms with van der Waals surface area (Å²) in [5.74, 6) is -1.20. The van der Waals surface area contributed by atoms with Gasteiger partial charge in [0.1, 0.15) is 6.61 Å². The SMILES string of the molecule is COC(=O)c1occc1COC(=O)c1n[nH]c2ccccc12. The molecule has 0 aliphatic carbocycles. The maximum atomic E-state index is 12.1. The second kappa shape index (κ2) is 5.72. The lowest BCUT2D eigenvalue weighted by atomic mass is 10.2. The number of nitrogens with zero attached hydrogens (tertiary/aromatic N) is 1. The number of methoxy groups -OCH3 is 1. The minimum Gasteiger partial charge on any atom is -0.463 e. The summed E-state index contributed by atoms with van der Waals surface area (Å²) in [4.78, 5) is 23.6. The van der Waals surface area contributed by atoms with Gasteiger partial charge in [-0.05, 0) is 12.1 Å². The average molecular weight is 300 g/mol. The van der Waals surface area contributed by atoms with E-state index in [2.05, 4.69) is 14.9 Å². The summed E-state index contributed by atoms with van der Waals surface area (Å²) in [5, 5.41) is 7.39. The molecule has 1 N–H and O–H groups in total. The van der Waals surface area contributed by atoms with Gasteiger partial charge in [0.15, 0.2) is 5.69 Å². The molecule has 7 nitrogen and oxygen atoms in total. The molecule has 0 saturated heterocycles. The maximum absolute atomic E-state index is 12.1. The van der Waals surface area contributed by atoms with Crippen molar-refractivity contribution in [3.63, 3.8) is 0 Å². The fourth-order valence-electron chi connectivity index (χ4n) is 2.05. The topological polar surface area (TPSA) is 94.4 Å². The number of carbonyl (C=O) groups is 2. The molecule has 2 aromatic heterocycles. The number of nitrogens with one attached hydrogen (secondary N) is 1. The van der Waals surface area contributed by atoms with Crippen molar-refractivity contribution in [3.05, 3.63) is 53.6 Å². The van der Waals surface area contributed by atoms with Crippen LogP contribution in [0.25, 0.3) is 10.9 Å². The van der Waals surface area contributed by atoms with Gasteiger partial charge in [-0.3, -0.25) is 5.10 Å². The number of aromatic amines is 1. The predicted molar refractivity (Wildman–Crippen MR) is 75.3 cm³/mol. The number of hydrogen-bond donors (Lipinski definition) is 1. The summed E-state index contributed by atoms with van der Waals surface area (Å²) in [5.41, 5.74) is 1.37. The van der Waals surface area contributed by atoms with Crippen molar-refractivity contribution in [3.8, 4) is 0 Å². The first-order valence-electron chi connectivity index (χ1n) is 6.45. The van der Waals surface area contributed by atoms with Crippen LogP contribution < -0.4 is 0 Å². The molecule has 0 amide bonds. The van der Waals surface area contributed by atoms with Gasteiger partial charge in [-0.15, -0.1) is 0 Å². The van der Waals surface area contributed by atoms with Crippen LogP contribution in [0.5, 0.6) is 0 Å². The largest absolute Gasteiger partial charge is 0.463 e. The Labute approximate surface area is 124 Å². The zero-order chi connectivity index (χ0) is 15.5. The fraction of sp³-hybridized carbons (Fsp3) is 0.133. The van der Waals surface area contributed by atoms with E-state index in [1.165, 1.54) is 13.4 Å². The minimum absolute atomic E-state index is 0.0159. The average Bonchev–Trinajstić information content (AvgIpc) is 3.18. The molecule has 0 spiro atoms. The van der Waals surface area contributed by atoms with Crippen molar-refractivity contribution in [2.24, 2.45) is 0 Å². The molecule has 0 saturated carbocycles. The summed E-state index contributed by atoms with van der Waals surface area (Å²) in [6.07, 6.45) is 1.33.